The Hall–Kier alpha value is -0.0100. The van der Waals surface area contributed by atoms with E-state index in [1.54, 1.807) is 0 Å². The number of nitrogens with one attached hydrogen (secondary N) is 1. The molecule has 0 fully saturated rings. The second-order valence-corrected chi connectivity index (χ2v) is 3.09. The van der Waals surface area contributed by atoms with E-state index in [2.05, 4.69) is 10.3 Å². The molecule has 0 bridgehead atoms. The highest BCUT2D eigenvalue weighted by molar-refractivity contribution is 7.78. The maximum Gasteiger partial charge on any atom is 0.311 e. The number of hydrogen-bond acceptors (Lipinski definition) is 3. The van der Waals surface area contributed by atoms with E-state index < -0.39 is 7.65 Å². The Labute approximate surface area is 53.7 Å². The standard InChI is InChI=1S/C3H6ClN2OP/c1-2-3-5-6-8(4)7-3/h6H,2H2,1H3. The summed E-state index contributed by atoms with van der Waals surface area (Å²) in [7, 11) is -0.992. The molecule has 0 aliphatic carbocycles. The van der Waals surface area contributed by atoms with Crippen molar-refractivity contribution in [2.45, 2.75) is 13.3 Å². The van der Waals surface area contributed by atoms with Gasteiger partial charge in [0.2, 0.25) is 5.90 Å². The van der Waals surface area contributed by atoms with Gasteiger partial charge in [-0.15, -0.1) is 5.10 Å². The van der Waals surface area contributed by atoms with Crippen LogP contribution in [0, 0.1) is 0 Å². The molecule has 0 spiro atoms. The van der Waals surface area contributed by atoms with Gasteiger partial charge in [0.05, 0.1) is 0 Å². The number of halogens is 1. The van der Waals surface area contributed by atoms with Gasteiger partial charge >= 0.3 is 7.65 Å². The molecule has 0 saturated heterocycles. The summed E-state index contributed by atoms with van der Waals surface area (Å²) in [5.41, 5.74) is 0. The molecule has 1 rings (SSSR count). The zero-order valence-electron chi connectivity index (χ0n) is 4.39. The van der Waals surface area contributed by atoms with Crippen molar-refractivity contribution in [1.82, 2.24) is 5.20 Å². The maximum atomic E-state index is 5.50. The fourth-order valence-corrected chi connectivity index (χ4v) is 1.31. The second kappa shape index (κ2) is 2.51. The predicted octanol–water partition coefficient (Wildman–Crippen LogP) is 1.80. The van der Waals surface area contributed by atoms with Crippen LogP contribution in [0.4, 0.5) is 0 Å². The quantitative estimate of drug-likeness (QED) is 0.582. The average molecular weight is 153 g/mol. The van der Waals surface area contributed by atoms with E-state index in [-0.39, 0.29) is 0 Å². The fraction of sp³-hybridized carbons (Fsp3) is 0.667. The summed E-state index contributed by atoms with van der Waals surface area (Å²) in [6, 6.07) is 0. The summed E-state index contributed by atoms with van der Waals surface area (Å²) in [6.45, 7) is 1.96. The molecule has 1 aliphatic rings. The summed E-state index contributed by atoms with van der Waals surface area (Å²) in [5, 5.41) is 6.39. The summed E-state index contributed by atoms with van der Waals surface area (Å²) in [4.78, 5) is 0. The van der Waals surface area contributed by atoms with Crippen LogP contribution in [-0.2, 0) is 4.52 Å². The number of rotatable bonds is 1. The minimum atomic E-state index is -0.992. The van der Waals surface area contributed by atoms with Crippen molar-refractivity contribution in [2.75, 3.05) is 0 Å². The first-order chi connectivity index (χ1) is 3.83. The van der Waals surface area contributed by atoms with Gasteiger partial charge in [-0.25, -0.2) is 5.20 Å². The molecule has 0 radical (unpaired) electrons. The van der Waals surface area contributed by atoms with Gasteiger partial charge < -0.3 is 4.52 Å². The first-order valence-electron chi connectivity index (χ1n) is 2.29. The van der Waals surface area contributed by atoms with Crippen LogP contribution < -0.4 is 5.20 Å². The van der Waals surface area contributed by atoms with Crippen LogP contribution >= 0.6 is 18.9 Å². The minimum Gasteiger partial charge on any atom is -0.424 e. The minimum absolute atomic E-state index is 0.700. The van der Waals surface area contributed by atoms with Gasteiger partial charge in [0.15, 0.2) is 0 Å². The van der Waals surface area contributed by atoms with Crippen molar-refractivity contribution < 1.29 is 4.52 Å². The zero-order chi connectivity index (χ0) is 5.98. The highest BCUT2D eigenvalue weighted by atomic mass is 35.7. The summed E-state index contributed by atoms with van der Waals surface area (Å²) >= 11 is 5.50. The lowest BCUT2D eigenvalue weighted by Gasteiger charge is -1.96. The van der Waals surface area contributed by atoms with Crippen LogP contribution in [0.25, 0.3) is 0 Å². The normalized spacial score (nSPS) is 26.2. The predicted molar refractivity (Wildman–Crippen MR) is 34.7 cm³/mol. The largest absolute Gasteiger partial charge is 0.424 e. The van der Waals surface area contributed by atoms with Gasteiger partial charge in [0.25, 0.3) is 0 Å². The summed E-state index contributed by atoms with van der Waals surface area (Å²) < 4.78 is 4.98. The highest BCUT2D eigenvalue weighted by Crippen LogP contribution is 2.41. The van der Waals surface area contributed by atoms with Gasteiger partial charge in [-0.1, -0.05) is 6.92 Å². The molecule has 0 amide bonds. The van der Waals surface area contributed by atoms with Gasteiger partial charge in [0, 0.05) is 6.42 Å². The molecule has 3 nitrogen and oxygen atoms in total. The molecule has 5 heteroatoms. The zero-order valence-corrected chi connectivity index (χ0v) is 6.04. The molecule has 0 aromatic rings. The topological polar surface area (TPSA) is 33.6 Å². The number of hydrazone groups is 1. The molecule has 1 unspecified atom stereocenters. The van der Waals surface area contributed by atoms with Crippen molar-refractivity contribution in [3.63, 3.8) is 0 Å². The van der Waals surface area contributed by atoms with E-state index in [0.717, 1.165) is 6.42 Å². The Morgan fingerprint density at radius 3 is 3.00 bits per heavy atom. The van der Waals surface area contributed by atoms with Crippen molar-refractivity contribution >= 4 is 24.8 Å². The molecule has 0 saturated carbocycles. The molecule has 46 valence electrons. The Balaban J connectivity index is 2.37. The number of nitrogens with zero attached hydrogens (tertiary/aromatic N) is 1. The van der Waals surface area contributed by atoms with E-state index in [4.69, 9.17) is 15.8 Å². The first kappa shape index (κ1) is 6.12. The Morgan fingerprint density at radius 1 is 2.00 bits per heavy atom. The maximum absolute atomic E-state index is 5.50. The molecule has 0 aromatic carbocycles. The molecule has 1 heterocycles. The van der Waals surface area contributed by atoms with Gasteiger partial charge in [-0.3, -0.25) is 0 Å². The lowest BCUT2D eigenvalue weighted by molar-refractivity contribution is 0.622. The van der Waals surface area contributed by atoms with Crippen LogP contribution in [0.5, 0.6) is 0 Å². The van der Waals surface area contributed by atoms with Crippen LogP contribution in [0.15, 0.2) is 5.10 Å². The fourth-order valence-electron chi connectivity index (χ4n) is 0.372. The van der Waals surface area contributed by atoms with Crippen LogP contribution in [0.2, 0.25) is 0 Å². The molecule has 1 atom stereocenters. The van der Waals surface area contributed by atoms with E-state index in [0.29, 0.717) is 5.90 Å². The summed E-state index contributed by atoms with van der Waals surface area (Å²) in [5.74, 6) is 0.700. The van der Waals surface area contributed by atoms with Crippen molar-refractivity contribution in [2.24, 2.45) is 5.10 Å². The second-order valence-electron chi connectivity index (χ2n) is 1.30. The van der Waals surface area contributed by atoms with Crippen molar-refractivity contribution in [3.8, 4) is 0 Å². The van der Waals surface area contributed by atoms with E-state index in [1.165, 1.54) is 0 Å². The lowest BCUT2D eigenvalue weighted by Crippen LogP contribution is -1.89. The third-order valence-corrected chi connectivity index (χ3v) is 1.80. The third kappa shape index (κ3) is 1.23. The Kier molecular flexibility index (Phi) is 1.92. The van der Waals surface area contributed by atoms with Crippen molar-refractivity contribution in [3.05, 3.63) is 0 Å². The van der Waals surface area contributed by atoms with Crippen LogP contribution in [0.3, 0.4) is 0 Å². The average Bonchev–Trinajstić information content (AvgIpc) is 2.14. The Bertz CT molecular complexity index is 118. The Morgan fingerprint density at radius 2 is 2.75 bits per heavy atom. The molecule has 8 heavy (non-hydrogen) atoms. The van der Waals surface area contributed by atoms with E-state index in [1.807, 2.05) is 6.92 Å². The monoisotopic (exact) mass is 152 g/mol. The third-order valence-electron chi connectivity index (χ3n) is 0.741. The summed E-state index contributed by atoms with van der Waals surface area (Å²) in [6.07, 6.45) is 0.804. The highest BCUT2D eigenvalue weighted by Gasteiger charge is 2.14. The van der Waals surface area contributed by atoms with Gasteiger partial charge in [0.1, 0.15) is 0 Å². The molecule has 0 aromatic heterocycles. The smallest absolute Gasteiger partial charge is 0.311 e. The first-order valence-corrected chi connectivity index (χ1v) is 4.45. The molecule has 1 aliphatic heterocycles. The number of hydrogen-bond donors (Lipinski definition) is 1. The van der Waals surface area contributed by atoms with E-state index in [9.17, 15) is 0 Å². The van der Waals surface area contributed by atoms with E-state index >= 15 is 0 Å². The van der Waals surface area contributed by atoms with Gasteiger partial charge in [-0.05, 0) is 11.2 Å². The SMILES string of the molecule is CCC1=NNP(Cl)O1. The lowest BCUT2D eigenvalue weighted by atomic mass is 10.5. The molecular formula is C3H6ClN2OP. The molecule has 1 N–H and O–H groups in total. The van der Waals surface area contributed by atoms with Crippen LogP contribution in [0.1, 0.15) is 13.3 Å². The van der Waals surface area contributed by atoms with Crippen molar-refractivity contribution in [1.29, 1.82) is 0 Å². The van der Waals surface area contributed by atoms with Gasteiger partial charge in [-0.2, -0.15) is 0 Å². The molecular weight excluding hydrogens is 146 g/mol. The van der Waals surface area contributed by atoms with Crippen LogP contribution in [-0.4, -0.2) is 5.90 Å².